The number of aromatic nitrogens is 1. The van der Waals surface area contributed by atoms with E-state index >= 15 is 0 Å². The maximum Gasteiger partial charge on any atom is 0.191 e. The van der Waals surface area contributed by atoms with E-state index in [4.69, 9.17) is 0 Å². The van der Waals surface area contributed by atoms with Crippen molar-refractivity contribution in [2.75, 3.05) is 13.6 Å². The molecule has 2 rings (SSSR count). The first-order chi connectivity index (χ1) is 11.0. The molecule has 0 amide bonds. The second-order valence-electron chi connectivity index (χ2n) is 6.46. The van der Waals surface area contributed by atoms with Gasteiger partial charge in [0.05, 0.1) is 12.2 Å². The lowest BCUT2D eigenvalue weighted by molar-refractivity contribution is 0.570. The van der Waals surface area contributed by atoms with Crippen LogP contribution in [0.3, 0.4) is 0 Å². The normalized spacial score (nSPS) is 12.3. The third-order valence-electron chi connectivity index (χ3n) is 3.50. The van der Waals surface area contributed by atoms with Crippen molar-refractivity contribution < 1.29 is 0 Å². The molecule has 0 atom stereocenters. The zero-order valence-corrected chi connectivity index (χ0v) is 15.2. The van der Waals surface area contributed by atoms with Crippen molar-refractivity contribution in [1.82, 2.24) is 15.6 Å². The van der Waals surface area contributed by atoms with Gasteiger partial charge in [-0.3, -0.25) is 4.99 Å². The number of aliphatic imine (C=N–C) groups is 1. The Morgan fingerprint density at radius 1 is 1.17 bits per heavy atom. The van der Waals surface area contributed by atoms with Crippen LogP contribution in [0, 0.1) is 0 Å². The number of hydrogen-bond donors (Lipinski definition) is 2. The molecule has 0 radical (unpaired) electrons. The predicted octanol–water partition coefficient (Wildman–Crippen LogP) is 3.35. The Bertz CT molecular complexity index is 626. The van der Waals surface area contributed by atoms with Crippen molar-refractivity contribution in [3.05, 3.63) is 52.0 Å². The second-order valence-corrected chi connectivity index (χ2v) is 7.41. The van der Waals surface area contributed by atoms with Gasteiger partial charge in [0.1, 0.15) is 5.01 Å². The van der Waals surface area contributed by atoms with Gasteiger partial charge in [-0.05, 0) is 12.0 Å². The van der Waals surface area contributed by atoms with E-state index in [0.717, 1.165) is 29.6 Å². The Morgan fingerprint density at radius 3 is 2.52 bits per heavy atom. The van der Waals surface area contributed by atoms with Crippen molar-refractivity contribution in [1.29, 1.82) is 0 Å². The van der Waals surface area contributed by atoms with Gasteiger partial charge in [-0.2, -0.15) is 0 Å². The average molecular weight is 331 g/mol. The van der Waals surface area contributed by atoms with Crippen molar-refractivity contribution in [2.24, 2.45) is 4.99 Å². The quantitative estimate of drug-likeness (QED) is 0.653. The maximum absolute atomic E-state index is 4.69. The van der Waals surface area contributed by atoms with Gasteiger partial charge in [0.2, 0.25) is 0 Å². The third-order valence-corrected chi connectivity index (χ3v) is 4.35. The smallest absolute Gasteiger partial charge is 0.191 e. The zero-order valence-electron chi connectivity index (χ0n) is 14.4. The van der Waals surface area contributed by atoms with Crippen LogP contribution in [-0.2, 0) is 18.4 Å². The van der Waals surface area contributed by atoms with E-state index in [9.17, 15) is 0 Å². The highest BCUT2D eigenvalue weighted by atomic mass is 32.1. The molecule has 0 bridgehead atoms. The van der Waals surface area contributed by atoms with Crippen LogP contribution in [0.15, 0.2) is 40.7 Å². The van der Waals surface area contributed by atoms with Crippen molar-refractivity contribution in [2.45, 2.75) is 39.2 Å². The molecule has 0 unspecified atom stereocenters. The van der Waals surface area contributed by atoms with E-state index in [1.165, 1.54) is 5.56 Å². The zero-order chi connectivity index (χ0) is 16.7. The molecule has 1 aromatic heterocycles. The molecule has 2 aromatic rings. The summed E-state index contributed by atoms with van der Waals surface area (Å²) >= 11 is 1.69. The summed E-state index contributed by atoms with van der Waals surface area (Å²) in [5, 5.41) is 9.89. The molecule has 0 aliphatic heterocycles. The Balaban J connectivity index is 1.78. The van der Waals surface area contributed by atoms with Gasteiger partial charge in [-0.15, -0.1) is 11.3 Å². The van der Waals surface area contributed by atoms with E-state index in [1.807, 2.05) is 6.07 Å². The highest BCUT2D eigenvalue weighted by Gasteiger charge is 2.17. The van der Waals surface area contributed by atoms with Gasteiger partial charge in [-0.25, -0.2) is 4.98 Å². The van der Waals surface area contributed by atoms with Crippen LogP contribution in [0.4, 0.5) is 0 Å². The molecule has 0 spiro atoms. The summed E-state index contributed by atoms with van der Waals surface area (Å²) in [5.41, 5.74) is 2.57. The number of thiazole rings is 1. The fraction of sp³-hybridized carbons (Fsp3) is 0.444. The monoisotopic (exact) mass is 330 g/mol. The van der Waals surface area contributed by atoms with Gasteiger partial charge >= 0.3 is 0 Å². The molecule has 5 heteroatoms. The van der Waals surface area contributed by atoms with Crippen LogP contribution in [-0.4, -0.2) is 24.5 Å². The third kappa shape index (κ3) is 5.67. The average Bonchev–Trinajstić information content (AvgIpc) is 3.01. The standard InChI is InChI=1S/C18H26N4S/c1-18(2,3)15-13-23-16(22-15)12-21-17(19-4)20-11-10-14-8-6-5-7-9-14/h5-9,13H,10-12H2,1-4H3,(H2,19,20,21). The van der Waals surface area contributed by atoms with Crippen LogP contribution in [0.5, 0.6) is 0 Å². The number of benzene rings is 1. The number of nitrogens with one attached hydrogen (secondary N) is 2. The summed E-state index contributed by atoms with van der Waals surface area (Å²) in [7, 11) is 1.79. The molecule has 124 valence electrons. The fourth-order valence-corrected chi connectivity index (χ4v) is 3.05. The minimum atomic E-state index is 0.102. The fourth-order valence-electron chi connectivity index (χ4n) is 2.09. The molecule has 2 N–H and O–H groups in total. The van der Waals surface area contributed by atoms with Gasteiger partial charge in [-0.1, -0.05) is 51.1 Å². The Hall–Kier alpha value is -1.88. The number of guanidine groups is 1. The number of hydrogen-bond acceptors (Lipinski definition) is 3. The molecule has 1 aromatic carbocycles. The first-order valence-corrected chi connectivity index (χ1v) is 8.80. The number of nitrogens with zero attached hydrogens (tertiary/aromatic N) is 2. The summed E-state index contributed by atoms with van der Waals surface area (Å²) in [6, 6.07) is 10.5. The second kappa shape index (κ2) is 8.11. The molecular formula is C18H26N4S. The summed E-state index contributed by atoms with van der Waals surface area (Å²) in [6.45, 7) is 8.11. The minimum Gasteiger partial charge on any atom is -0.356 e. The first-order valence-electron chi connectivity index (χ1n) is 7.92. The van der Waals surface area contributed by atoms with Crippen molar-refractivity contribution >= 4 is 17.3 Å². The van der Waals surface area contributed by atoms with Gasteiger partial charge in [0.15, 0.2) is 5.96 Å². The van der Waals surface area contributed by atoms with Crippen LogP contribution in [0.2, 0.25) is 0 Å². The molecule has 0 saturated heterocycles. The van der Waals surface area contributed by atoms with E-state index in [1.54, 1.807) is 18.4 Å². The lowest BCUT2D eigenvalue weighted by Crippen LogP contribution is -2.37. The lowest BCUT2D eigenvalue weighted by atomic mass is 9.93. The molecule has 0 aliphatic carbocycles. The highest BCUT2D eigenvalue weighted by Crippen LogP contribution is 2.23. The molecule has 0 aliphatic rings. The molecule has 4 nitrogen and oxygen atoms in total. The highest BCUT2D eigenvalue weighted by molar-refractivity contribution is 7.09. The molecular weight excluding hydrogens is 304 g/mol. The molecule has 23 heavy (non-hydrogen) atoms. The van der Waals surface area contributed by atoms with E-state index < -0.39 is 0 Å². The van der Waals surface area contributed by atoms with Crippen LogP contribution in [0.1, 0.15) is 37.0 Å². The SMILES string of the molecule is CN=C(NCCc1ccccc1)NCc1nc(C(C)(C)C)cs1. The van der Waals surface area contributed by atoms with Crippen LogP contribution >= 0.6 is 11.3 Å². The van der Waals surface area contributed by atoms with Gasteiger partial charge < -0.3 is 10.6 Å². The largest absolute Gasteiger partial charge is 0.356 e. The summed E-state index contributed by atoms with van der Waals surface area (Å²) in [6.07, 6.45) is 0.979. The van der Waals surface area contributed by atoms with E-state index in [2.05, 4.69) is 71.0 Å². The molecule has 0 fully saturated rings. The predicted molar refractivity (Wildman–Crippen MR) is 99.2 cm³/mol. The van der Waals surface area contributed by atoms with Crippen LogP contribution < -0.4 is 10.6 Å². The van der Waals surface area contributed by atoms with E-state index in [0.29, 0.717) is 6.54 Å². The minimum absolute atomic E-state index is 0.102. The van der Waals surface area contributed by atoms with Gasteiger partial charge in [0, 0.05) is 24.4 Å². The summed E-state index contributed by atoms with van der Waals surface area (Å²) in [5.74, 6) is 0.813. The first kappa shape index (κ1) is 17.5. The van der Waals surface area contributed by atoms with E-state index in [-0.39, 0.29) is 5.41 Å². The van der Waals surface area contributed by atoms with Crippen LogP contribution in [0.25, 0.3) is 0 Å². The Labute approximate surface area is 143 Å². The lowest BCUT2D eigenvalue weighted by Gasteiger charge is -2.14. The van der Waals surface area contributed by atoms with Crippen molar-refractivity contribution in [3.63, 3.8) is 0 Å². The van der Waals surface area contributed by atoms with Gasteiger partial charge in [0.25, 0.3) is 0 Å². The Morgan fingerprint density at radius 2 is 1.91 bits per heavy atom. The summed E-state index contributed by atoms with van der Waals surface area (Å²) < 4.78 is 0. The Kier molecular flexibility index (Phi) is 6.16. The molecule has 0 saturated carbocycles. The number of rotatable bonds is 5. The topological polar surface area (TPSA) is 49.3 Å². The summed E-state index contributed by atoms with van der Waals surface area (Å²) in [4.78, 5) is 8.95. The molecule has 1 heterocycles. The maximum atomic E-state index is 4.69. The van der Waals surface area contributed by atoms with Crippen molar-refractivity contribution in [3.8, 4) is 0 Å².